The number of rotatable bonds is 3. The molecule has 1 aromatic rings. The smallest absolute Gasteiger partial charge is 0.243 e. The zero-order valence-electron chi connectivity index (χ0n) is 9.72. The van der Waals surface area contributed by atoms with Gasteiger partial charge in [0.1, 0.15) is 6.04 Å². The van der Waals surface area contributed by atoms with Crippen LogP contribution in [0.5, 0.6) is 0 Å². The van der Waals surface area contributed by atoms with Crippen LogP contribution in [0.2, 0.25) is 0 Å². The first-order valence-corrected chi connectivity index (χ1v) is 5.61. The average molecular weight is 233 g/mol. The summed E-state index contributed by atoms with van der Waals surface area (Å²) in [5, 5.41) is 2.83. The van der Waals surface area contributed by atoms with Crippen LogP contribution in [0.25, 0.3) is 0 Å². The maximum atomic E-state index is 11.9. The Labute approximate surface area is 99.8 Å². The third-order valence-electron chi connectivity index (χ3n) is 3.01. The number of carbonyl (C=O) groups is 2. The molecule has 17 heavy (non-hydrogen) atoms. The maximum absolute atomic E-state index is 11.9. The van der Waals surface area contributed by atoms with Gasteiger partial charge in [0, 0.05) is 32.4 Å². The fraction of sp³-hybridized carbons (Fsp3) is 0.417. The summed E-state index contributed by atoms with van der Waals surface area (Å²) in [6.07, 6.45) is 4.45. The predicted octanol–water partition coefficient (Wildman–Crippen LogP) is 0.319. The van der Waals surface area contributed by atoms with Gasteiger partial charge in [0.25, 0.3) is 0 Å². The van der Waals surface area contributed by atoms with E-state index >= 15 is 0 Å². The number of hydrogen-bond acceptors (Lipinski definition) is 3. The van der Waals surface area contributed by atoms with Crippen molar-refractivity contribution < 1.29 is 9.59 Å². The van der Waals surface area contributed by atoms with E-state index in [0.717, 1.165) is 5.56 Å². The average Bonchev–Trinajstić information content (AvgIpc) is 2.69. The Bertz CT molecular complexity index is 419. The third kappa shape index (κ3) is 2.61. The summed E-state index contributed by atoms with van der Waals surface area (Å²) in [5.41, 5.74) is 1.00. The van der Waals surface area contributed by atoms with Crippen molar-refractivity contribution in [2.24, 2.45) is 0 Å². The van der Waals surface area contributed by atoms with Crippen molar-refractivity contribution in [3.8, 4) is 0 Å². The molecule has 0 aliphatic carbocycles. The van der Waals surface area contributed by atoms with Crippen LogP contribution < -0.4 is 5.32 Å². The van der Waals surface area contributed by atoms with Crippen molar-refractivity contribution in [1.29, 1.82) is 0 Å². The van der Waals surface area contributed by atoms with Crippen LogP contribution in [0, 0.1) is 0 Å². The SMILES string of the molecule is CN1C(=O)CCC1C(=O)NCc1ccncc1. The molecule has 5 heteroatoms. The number of aromatic nitrogens is 1. The molecule has 2 amide bonds. The summed E-state index contributed by atoms with van der Waals surface area (Å²) >= 11 is 0. The van der Waals surface area contributed by atoms with E-state index in [1.807, 2.05) is 12.1 Å². The molecule has 0 aromatic carbocycles. The molecule has 1 N–H and O–H groups in total. The van der Waals surface area contributed by atoms with Gasteiger partial charge in [0.2, 0.25) is 11.8 Å². The van der Waals surface area contributed by atoms with Gasteiger partial charge in [-0.25, -0.2) is 0 Å². The molecule has 1 saturated heterocycles. The van der Waals surface area contributed by atoms with Gasteiger partial charge >= 0.3 is 0 Å². The van der Waals surface area contributed by atoms with Crippen LogP contribution in [-0.4, -0.2) is 34.8 Å². The molecule has 1 aliphatic heterocycles. The van der Waals surface area contributed by atoms with Crippen molar-refractivity contribution >= 4 is 11.8 Å². The lowest BCUT2D eigenvalue weighted by molar-refractivity contribution is -0.133. The zero-order chi connectivity index (χ0) is 12.3. The van der Waals surface area contributed by atoms with E-state index in [-0.39, 0.29) is 17.9 Å². The number of pyridine rings is 1. The Hall–Kier alpha value is -1.91. The number of likely N-dealkylation sites (tertiary alicyclic amines) is 1. The Balaban J connectivity index is 1.88. The van der Waals surface area contributed by atoms with Crippen molar-refractivity contribution in [2.45, 2.75) is 25.4 Å². The van der Waals surface area contributed by atoms with Crippen molar-refractivity contribution in [3.05, 3.63) is 30.1 Å². The topological polar surface area (TPSA) is 62.3 Å². The lowest BCUT2D eigenvalue weighted by Gasteiger charge is -2.19. The van der Waals surface area contributed by atoms with E-state index in [9.17, 15) is 9.59 Å². The molecular formula is C12H15N3O2. The highest BCUT2D eigenvalue weighted by atomic mass is 16.2. The summed E-state index contributed by atoms with van der Waals surface area (Å²) < 4.78 is 0. The van der Waals surface area contributed by atoms with Crippen LogP contribution in [0.4, 0.5) is 0 Å². The highest BCUT2D eigenvalue weighted by molar-refractivity contribution is 5.90. The van der Waals surface area contributed by atoms with Gasteiger partial charge in [-0.3, -0.25) is 14.6 Å². The van der Waals surface area contributed by atoms with Gasteiger partial charge in [-0.15, -0.1) is 0 Å². The van der Waals surface area contributed by atoms with Crippen LogP contribution >= 0.6 is 0 Å². The Morgan fingerprint density at radius 3 is 2.82 bits per heavy atom. The van der Waals surface area contributed by atoms with Crippen LogP contribution in [0.1, 0.15) is 18.4 Å². The number of carbonyl (C=O) groups excluding carboxylic acids is 2. The largest absolute Gasteiger partial charge is 0.350 e. The van der Waals surface area contributed by atoms with Gasteiger partial charge in [0.15, 0.2) is 0 Å². The standard InChI is InChI=1S/C12H15N3O2/c1-15-10(2-3-11(15)16)12(17)14-8-9-4-6-13-7-5-9/h4-7,10H,2-3,8H2,1H3,(H,14,17). The number of likely N-dealkylation sites (N-methyl/N-ethyl adjacent to an activating group) is 1. The molecule has 0 bridgehead atoms. The molecule has 5 nitrogen and oxygen atoms in total. The van der Waals surface area contributed by atoms with Gasteiger partial charge < -0.3 is 10.2 Å². The highest BCUT2D eigenvalue weighted by Crippen LogP contribution is 2.16. The summed E-state index contributed by atoms with van der Waals surface area (Å²) in [5.74, 6) is -0.0516. The van der Waals surface area contributed by atoms with Crippen molar-refractivity contribution in [1.82, 2.24) is 15.2 Å². The minimum atomic E-state index is -0.315. The van der Waals surface area contributed by atoms with Gasteiger partial charge in [-0.05, 0) is 24.1 Å². The second kappa shape index (κ2) is 4.95. The molecule has 0 radical (unpaired) electrons. The van der Waals surface area contributed by atoms with Crippen LogP contribution in [-0.2, 0) is 16.1 Å². The molecule has 1 unspecified atom stereocenters. The molecule has 1 atom stereocenters. The lowest BCUT2D eigenvalue weighted by atomic mass is 10.2. The quantitative estimate of drug-likeness (QED) is 0.817. The molecule has 90 valence electrons. The lowest BCUT2D eigenvalue weighted by Crippen LogP contribution is -2.42. The number of hydrogen-bond donors (Lipinski definition) is 1. The number of nitrogens with zero attached hydrogens (tertiary/aromatic N) is 2. The molecule has 2 heterocycles. The van der Waals surface area contributed by atoms with Gasteiger partial charge in [-0.1, -0.05) is 0 Å². The summed E-state index contributed by atoms with van der Waals surface area (Å²) in [6, 6.07) is 3.39. The second-order valence-electron chi connectivity index (χ2n) is 4.13. The number of nitrogens with one attached hydrogen (secondary N) is 1. The minimum Gasteiger partial charge on any atom is -0.350 e. The van der Waals surface area contributed by atoms with E-state index in [4.69, 9.17) is 0 Å². The fourth-order valence-electron chi connectivity index (χ4n) is 1.92. The molecule has 1 fully saturated rings. The normalized spacial score (nSPS) is 19.5. The summed E-state index contributed by atoms with van der Waals surface area (Å²) in [6.45, 7) is 0.472. The third-order valence-corrected chi connectivity index (χ3v) is 3.01. The molecule has 1 aliphatic rings. The van der Waals surface area contributed by atoms with E-state index in [1.165, 1.54) is 4.90 Å². The second-order valence-corrected chi connectivity index (χ2v) is 4.13. The predicted molar refractivity (Wildman–Crippen MR) is 61.9 cm³/mol. The minimum absolute atomic E-state index is 0.0362. The molecule has 1 aromatic heterocycles. The number of amides is 2. The highest BCUT2D eigenvalue weighted by Gasteiger charge is 2.32. The van der Waals surface area contributed by atoms with Crippen LogP contribution in [0.15, 0.2) is 24.5 Å². The van der Waals surface area contributed by atoms with Crippen LogP contribution in [0.3, 0.4) is 0 Å². The van der Waals surface area contributed by atoms with E-state index < -0.39 is 0 Å². The summed E-state index contributed by atoms with van der Waals surface area (Å²) in [7, 11) is 1.67. The first kappa shape index (κ1) is 11.6. The van der Waals surface area contributed by atoms with Crippen molar-refractivity contribution in [2.75, 3.05) is 7.05 Å². The Morgan fingerprint density at radius 2 is 2.24 bits per heavy atom. The zero-order valence-corrected chi connectivity index (χ0v) is 9.72. The Kier molecular flexibility index (Phi) is 3.37. The fourth-order valence-corrected chi connectivity index (χ4v) is 1.92. The van der Waals surface area contributed by atoms with Crippen molar-refractivity contribution in [3.63, 3.8) is 0 Å². The van der Waals surface area contributed by atoms with E-state index in [2.05, 4.69) is 10.3 Å². The van der Waals surface area contributed by atoms with E-state index in [0.29, 0.717) is 19.4 Å². The van der Waals surface area contributed by atoms with Gasteiger partial charge in [0.05, 0.1) is 0 Å². The molecule has 2 rings (SSSR count). The summed E-state index contributed by atoms with van der Waals surface area (Å²) in [4.78, 5) is 28.6. The molecular weight excluding hydrogens is 218 g/mol. The molecule has 0 saturated carbocycles. The van der Waals surface area contributed by atoms with Gasteiger partial charge in [-0.2, -0.15) is 0 Å². The maximum Gasteiger partial charge on any atom is 0.243 e. The Morgan fingerprint density at radius 1 is 1.53 bits per heavy atom. The molecule has 0 spiro atoms. The monoisotopic (exact) mass is 233 g/mol. The van der Waals surface area contributed by atoms with E-state index in [1.54, 1.807) is 19.4 Å². The first-order valence-electron chi connectivity index (χ1n) is 5.61. The first-order chi connectivity index (χ1) is 8.18.